The molecule has 1 aromatic rings. The van der Waals surface area contributed by atoms with E-state index in [0.717, 1.165) is 38.6 Å². The minimum absolute atomic E-state index is 0.0955. The fraction of sp³-hybridized carbons (Fsp3) is 0.692. The van der Waals surface area contributed by atoms with Gasteiger partial charge < -0.3 is 11.1 Å². The lowest BCUT2D eigenvalue weighted by Gasteiger charge is -2.27. The summed E-state index contributed by atoms with van der Waals surface area (Å²) in [5.74, 6) is -0.0401. The monoisotopic (exact) mass is 267 g/mol. The number of thiazole rings is 1. The van der Waals surface area contributed by atoms with E-state index in [2.05, 4.69) is 17.2 Å². The molecular weight excluding hydrogens is 246 g/mol. The van der Waals surface area contributed by atoms with Gasteiger partial charge in [-0.1, -0.05) is 6.92 Å². The van der Waals surface area contributed by atoms with Crippen LogP contribution in [-0.4, -0.2) is 16.9 Å². The Hall–Kier alpha value is -0.940. The van der Waals surface area contributed by atoms with Crippen LogP contribution in [0.15, 0.2) is 6.20 Å². The highest BCUT2D eigenvalue weighted by molar-refractivity contribution is 7.11. The Morgan fingerprint density at radius 3 is 2.78 bits per heavy atom. The summed E-state index contributed by atoms with van der Waals surface area (Å²) in [6, 6.07) is 0.521. The van der Waals surface area contributed by atoms with Crippen LogP contribution in [0.2, 0.25) is 0 Å². The molecule has 4 nitrogen and oxygen atoms in total. The molecule has 0 bridgehead atoms. The number of hydrogen-bond donors (Lipinski definition) is 2. The van der Waals surface area contributed by atoms with Crippen molar-refractivity contribution in [3.05, 3.63) is 16.1 Å². The second-order valence-corrected chi connectivity index (χ2v) is 6.11. The van der Waals surface area contributed by atoms with Gasteiger partial charge in [0.2, 0.25) is 5.91 Å². The summed E-state index contributed by atoms with van der Waals surface area (Å²) >= 11 is 1.78. The van der Waals surface area contributed by atoms with Crippen LogP contribution >= 0.6 is 11.3 Å². The number of carbonyl (C=O) groups is 1. The fourth-order valence-corrected chi connectivity index (χ4v) is 3.23. The molecule has 1 aliphatic carbocycles. The van der Waals surface area contributed by atoms with E-state index in [1.54, 1.807) is 11.3 Å². The van der Waals surface area contributed by atoms with Crippen molar-refractivity contribution >= 4 is 17.2 Å². The largest absolute Gasteiger partial charge is 0.369 e. The van der Waals surface area contributed by atoms with Gasteiger partial charge in [0.25, 0.3) is 0 Å². The number of amides is 1. The van der Waals surface area contributed by atoms with Crippen molar-refractivity contribution in [1.82, 2.24) is 10.3 Å². The SMILES string of the molecule is CCc1ncc(CNC2CCC(C(N)=O)CC2)s1. The highest BCUT2D eigenvalue weighted by Gasteiger charge is 2.24. The zero-order valence-corrected chi connectivity index (χ0v) is 11.6. The Balaban J connectivity index is 1.73. The van der Waals surface area contributed by atoms with Crippen molar-refractivity contribution in [3.63, 3.8) is 0 Å². The Labute approximate surface area is 112 Å². The van der Waals surface area contributed by atoms with E-state index >= 15 is 0 Å². The molecule has 0 saturated heterocycles. The molecule has 100 valence electrons. The normalized spacial score (nSPS) is 24.1. The number of rotatable bonds is 5. The molecule has 18 heavy (non-hydrogen) atoms. The summed E-state index contributed by atoms with van der Waals surface area (Å²) in [6.45, 7) is 3.02. The molecule has 0 atom stereocenters. The molecule has 1 saturated carbocycles. The quantitative estimate of drug-likeness (QED) is 0.855. The van der Waals surface area contributed by atoms with Gasteiger partial charge in [-0.05, 0) is 32.1 Å². The molecule has 0 spiro atoms. The number of nitrogens with zero attached hydrogens (tertiary/aromatic N) is 1. The van der Waals surface area contributed by atoms with Gasteiger partial charge in [-0.2, -0.15) is 0 Å². The maximum atomic E-state index is 11.1. The predicted molar refractivity (Wildman–Crippen MR) is 73.3 cm³/mol. The van der Waals surface area contributed by atoms with Gasteiger partial charge in [-0.3, -0.25) is 4.79 Å². The standard InChI is InChI=1S/C13H21N3OS/c1-2-12-16-8-11(18-12)7-15-10-5-3-9(4-6-10)13(14)17/h8-10,15H,2-7H2,1H3,(H2,14,17). The lowest BCUT2D eigenvalue weighted by Crippen LogP contribution is -2.36. The second-order valence-electron chi connectivity index (χ2n) is 4.91. The van der Waals surface area contributed by atoms with Gasteiger partial charge in [0, 0.05) is 29.6 Å². The van der Waals surface area contributed by atoms with Crippen LogP contribution in [0.25, 0.3) is 0 Å². The smallest absolute Gasteiger partial charge is 0.220 e. The van der Waals surface area contributed by atoms with E-state index < -0.39 is 0 Å². The maximum Gasteiger partial charge on any atom is 0.220 e. The number of nitrogens with one attached hydrogen (secondary N) is 1. The van der Waals surface area contributed by atoms with E-state index in [-0.39, 0.29) is 11.8 Å². The van der Waals surface area contributed by atoms with Crippen molar-refractivity contribution in [3.8, 4) is 0 Å². The molecule has 1 amide bonds. The molecule has 1 aliphatic rings. The number of hydrogen-bond acceptors (Lipinski definition) is 4. The highest BCUT2D eigenvalue weighted by Crippen LogP contribution is 2.24. The third-order valence-corrected chi connectivity index (χ3v) is 4.74. The number of aryl methyl sites for hydroxylation is 1. The molecule has 0 aliphatic heterocycles. The average molecular weight is 267 g/mol. The minimum Gasteiger partial charge on any atom is -0.369 e. The van der Waals surface area contributed by atoms with Crippen molar-refractivity contribution in [2.24, 2.45) is 11.7 Å². The van der Waals surface area contributed by atoms with E-state index in [0.29, 0.717) is 6.04 Å². The summed E-state index contributed by atoms with van der Waals surface area (Å²) in [5.41, 5.74) is 5.33. The van der Waals surface area contributed by atoms with E-state index in [1.165, 1.54) is 9.88 Å². The number of carbonyl (C=O) groups excluding carboxylic acids is 1. The molecule has 0 unspecified atom stereocenters. The molecular formula is C13H21N3OS. The van der Waals surface area contributed by atoms with Gasteiger partial charge in [0.15, 0.2) is 0 Å². The number of nitrogens with two attached hydrogens (primary N) is 1. The molecule has 2 rings (SSSR count). The molecule has 1 heterocycles. The van der Waals surface area contributed by atoms with E-state index in [1.807, 2.05) is 6.20 Å². The van der Waals surface area contributed by atoms with Crippen LogP contribution in [-0.2, 0) is 17.8 Å². The first-order chi connectivity index (χ1) is 8.69. The second kappa shape index (κ2) is 6.29. The van der Waals surface area contributed by atoms with E-state index in [4.69, 9.17) is 5.73 Å². The summed E-state index contributed by atoms with van der Waals surface area (Å²) in [4.78, 5) is 16.7. The molecule has 0 radical (unpaired) electrons. The van der Waals surface area contributed by atoms with Crippen LogP contribution in [0.4, 0.5) is 0 Å². The number of aromatic nitrogens is 1. The van der Waals surface area contributed by atoms with Crippen molar-refractivity contribution < 1.29 is 4.79 Å². The molecule has 0 aromatic carbocycles. The van der Waals surface area contributed by atoms with Crippen LogP contribution in [0.3, 0.4) is 0 Å². The van der Waals surface area contributed by atoms with Gasteiger partial charge in [-0.15, -0.1) is 11.3 Å². The Morgan fingerprint density at radius 2 is 2.22 bits per heavy atom. The van der Waals surface area contributed by atoms with E-state index in [9.17, 15) is 4.79 Å². The topological polar surface area (TPSA) is 68.0 Å². The summed E-state index contributed by atoms with van der Waals surface area (Å²) in [6.07, 6.45) is 6.92. The zero-order valence-electron chi connectivity index (χ0n) is 10.8. The Morgan fingerprint density at radius 1 is 1.50 bits per heavy atom. The molecule has 5 heteroatoms. The van der Waals surface area contributed by atoms with Crippen LogP contribution in [0.5, 0.6) is 0 Å². The van der Waals surface area contributed by atoms with Crippen LogP contribution < -0.4 is 11.1 Å². The lowest BCUT2D eigenvalue weighted by molar-refractivity contribution is -0.122. The molecule has 1 aromatic heterocycles. The third kappa shape index (κ3) is 3.53. The van der Waals surface area contributed by atoms with Gasteiger partial charge >= 0.3 is 0 Å². The Bertz CT molecular complexity index is 397. The first-order valence-electron chi connectivity index (χ1n) is 6.65. The maximum absolute atomic E-state index is 11.1. The van der Waals surface area contributed by atoms with Crippen LogP contribution in [0, 0.1) is 5.92 Å². The summed E-state index contributed by atoms with van der Waals surface area (Å²) in [7, 11) is 0. The average Bonchev–Trinajstić information content (AvgIpc) is 2.85. The highest BCUT2D eigenvalue weighted by atomic mass is 32.1. The van der Waals surface area contributed by atoms with Gasteiger partial charge in [0.05, 0.1) is 5.01 Å². The minimum atomic E-state index is -0.136. The number of primary amides is 1. The molecule has 1 fully saturated rings. The van der Waals surface area contributed by atoms with Crippen molar-refractivity contribution in [2.45, 2.75) is 51.6 Å². The predicted octanol–water partition coefficient (Wildman–Crippen LogP) is 1.84. The van der Waals surface area contributed by atoms with Gasteiger partial charge in [0.1, 0.15) is 0 Å². The molecule has 3 N–H and O–H groups in total. The fourth-order valence-electron chi connectivity index (χ4n) is 2.42. The van der Waals surface area contributed by atoms with Crippen molar-refractivity contribution in [1.29, 1.82) is 0 Å². The summed E-state index contributed by atoms with van der Waals surface area (Å²) in [5, 5.41) is 4.75. The van der Waals surface area contributed by atoms with Crippen molar-refractivity contribution in [2.75, 3.05) is 0 Å². The van der Waals surface area contributed by atoms with Crippen LogP contribution in [0.1, 0.15) is 42.5 Å². The first-order valence-corrected chi connectivity index (χ1v) is 7.47. The Kier molecular flexibility index (Phi) is 4.72. The zero-order chi connectivity index (χ0) is 13.0. The third-order valence-electron chi connectivity index (χ3n) is 3.60. The van der Waals surface area contributed by atoms with Gasteiger partial charge in [-0.25, -0.2) is 4.98 Å². The lowest BCUT2D eigenvalue weighted by atomic mass is 9.85. The summed E-state index contributed by atoms with van der Waals surface area (Å²) < 4.78 is 0. The first kappa shape index (κ1) is 13.5.